The normalized spacial score (nSPS) is 18.3. The summed E-state index contributed by atoms with van der Waals surface area (Å²) in [6, 6.07) is 3.81. The van der Waals surface area contributed by atoms with Crippen LogP contribution in [0.25, 0.3) is 0 Å². The van der Waals surface area contributed by atoms with Crippen LogP contribution in [0.3, 0.4) is 0 Å². The Hall–Kier alpha value is -2.44. The number of amides is 1. The van der Waals surface area contributed by atoms with Crippen LogP contribution in [0.4, 0.5) is 11.4 Å². The minimum absolute atomic E-state index is 0.00220. The summed E-state index contributed by atoms with van der Waals surface area (Å²) in [6.45, 7) is 0.643. The lowest BCUT2D eigenvalue weighted by molar-refractivity contribution is -0.385. The fourth-order valence-corrected chi connectivity index (χ4v) is 2.35. The van der Waals surface area contributed by atoms with E-state index in [1.165, 1.54) is 18.2 Å². The van der Waals surface area contributed by atoms with E-state index < -0.39 is 16.9 Å². The van der Waals surface area contributed by atoms with E-state index in [0.717, 1.165) is 6.42 Å². The van der Waals surface area contributed by atoms with Gasteiger partial charge in [-0.1, -0.05) is 0 Å². The fraction of sp³-hybridized carbons (Fsp3) is 0.333. The molecule has 1 heterocycles. The van der Waals surface area contributed by atoms with E-state index in [9.17, 15) is 19.7 Å². The number of nitro groups is 1. The quantitative estimate of drug-likeness (QED) is 0.492. The second-order valence-corrected chi connectivity index (χ2v) is 4.37. The predicted octanol–water partition coefficient (Wildman–Crippen LogP) is 0.861. The highest BCUT2D eigenvalue weighted by atomic mass is 16.6. The molecule has 1 saturated heterocycles. The zero-order valence-electron chi connectivity index (χ0n) is 10.1. The van der Waals surface area contributed by atoms with Gasteiger partial charge in [0.2, 0.25) is 5.91 Å². The van der Waals surface area contributed by atoms with Gasteiger partial charge < -0.3 is 10.6 Å². The van der Waals surface area contributed by atoms with E-state index in [1.54, 1.807) is 4.90 Å². The largest absolute Gasteiger partial charge is 0.368 e. The maximum Gasteiger partial charge on any atom is 0.280 e. The van der Waals surface area contributed by atoms with Crippen LogP contribution in [-0.2, 0) is 4.79 Å². The number of carbonyl (C=O) groups is 2. The van der Waals surface area contributed by atoms with Crippen LogP contribution < -0.4 is 10.6 Å². The van der Waals surface area contributed by atoms with Crippen LogP contribution in [0.1, 0.15) is 23.2 Å². The molecule has 0 aliphatic carbocycles. The van der Waals surface area contributed by atoms with Crippen molar-refractivity contribution in [2.45, 2.75) is 18.9 Å². The number of nitro benzene ring substituents is 1. The van der Waals surface area contributed by atoms with Crippen LogP contribution >= 0.6 is 0 Å². The maximum absolute atomic E-state index is 11.3. The molecule has 1 aromatic rings. The summed E-state index contributed by atoms with van der Waals surface area (Å²) < 4.78 is 0. The van der Waals surface area contributed by atoms with Gasteiger partial charge in [0.05, 0.1) is 10.5 Å². The number of hydrogen-bond acceptors (Lipinski definition) is 5. The van der Waals surface area contributed by atoms with Crippen molar-refractivity contribution in [3.8, 4) is 0 Å². The summed E-state index contributed by atoms with van der Waals surface area (Å²) in [6.07, 6.45) is 1.92. The first kappa shape index (κ1) is 13.0. The van der Waals surface area contributed by atoms with Gasteiger partial charge >= 0.3 is 0 Å². The molecule has 7 nitrogen and oxygen atoms in total. The number of rotatable bonds is 4. The molecule has 2 rings (SSSR count). The van der Waals surface area contributed by atoms with Gasteiger partial charge in [-0.05, 0) is 25.0 Å². The molecule has 1 atom stereocenters. The van der Waals surface area contributed by atoms with Crippen molar-refractivity contribution < 1.29 is 14.5 Å². The molecule has 1 aliphatic rings. The number of aldehydes is 1. The zero-order chi connectivity index (χ0) is 14.0. The molecular formula is C12H13N3O4. The lowest BCUT2D eigenvalue weighted by atomic mass is 10.1. The van der Waals surface area contributed by atoms with Gasteiger partial charge in [-0.25, -0.2) is 0 Å². The van der Waals surface area contributed by atoms with Crippen molar-refractivity contribution in [3.63, 3.8) is 0 Å². The Morgan fingerprint density at radius 2 is 2.26 bits per heavy atom. The Kier molecular flexibility index (Phi) is 3.46. The summed E-state index contributed by atoms with van der Waals surface area (Å²) in [5, 5.41) is 10.7. The molecule has 7 heteroatoms. The number of nitrogens with zero attached hydrogens (tertiary/aromatic N) is 2. The molecule has 1 unspecified atom stereocenters. The Morgan fingerprint density at radius 1 is 1.53 bits per heavy atom. The first-order valence-electron chi connectivity index (χ1n) is 5.84. The molecule has 1 aromatic carbocycles. The highest BCUT2D eigenvalue weighted by Gasteiger charge is 2.30. The summed E-state index contributed by atoms with van der Waals surface area (Å²) >= 11 is 0. The maximum atomic E-state index is 11.3. The molecule has 100 valence electrons. The first-order valence-corrected chi connectivity index (χ1v) is 5.84. The molecule has 0 radical (unpaired) electrons. The van der Waals surface area contributed by atoms with Crippen LogP contribution in [0.15, 0.2) is 18.2 Å². The van der Waals surface area contributed by atoms with Gasteiger partial charge in [-0.15, -0.1) is 0 Å². The van der Waals surface area contributed by atoms with Crippen LogP contribution in [0.2, 0.25) is 0 Å². The van der Waals surface area contributed by atoms with E-state index in [-0.39, 0.29) is 11.3 Å². The average molecular weight is 263 g/mol. The van der Waals surface area contributed by atoms with E-state index in [2.05, 4.69) is 0 Å². The monoisotopic (exact) mass is 263 g/mol. The molecule has 1 fully saturated rings. The van der Waals surface area contributed by atoms with Crippen molar-refractivity contribution in [2.75, 3.05) is 11.4 Å². The molecule has 0 spiro atoms. The van der Waals surface area contributed by atoms with Crippen LogP contribution in [0.5, 0.6) is 0 Å². The van der Waals surface area contributed by atoms with E-state index in [4.69, 9.17) is 5.73 Å². The summed E-state index contributed by atoms with van der Waals surface area (Å²) in [5.74, 6) is -0.427. The minimum Gasteiger partial charge on any atom is -0.368 e. The number of carbonyl (C=O) groups excluding carboxylic acids is 2. The fourth-order valence-electron chi connectivity index (χ4n) is 2.35. The number of hydrogen-bond donors (Lipinski definition) is 1. The van der Waals surface area contributed by atoms with E-state index in [0.29, 0.717) is 24.9 Å². The summed E-state index contributed by atoms with van der Waals surface area (Å²) in [7, 11) is 0. The average Bonchev–Trinajstić information content (AvgIpc) is 2.87. The van der Waals surface area contributed by atoms with Gasteiger partial charge in [0.25, 0.3) is 5.69 Å². The first-order chi connectivity index (χ1) is 9.04. The Morgan fingerprint density at radius 3 is 2.84 bits per heavy atom. The van der Waals surface area contributed by atoms with Crippen LogP contribution in [0, 0.1) is 10.1 Å². The van der Waals surface area contributed by atoms with Crippen LogP contribution in [-0.4, -0.2) is 29.7 Å². The molecule has 0 aromatic heterocycles. The van der Waals surface area contributed by atoms with Gasteiger partial charge in [0, 0.05) is 18.3 Å². The van der Waals surface area contributed by atoms with Crippen molar-refractivity contribution in [3.05, 3.63) is 33.9 Å². The van der Waals surface area contributed by atoms with Crippen molar-refractivity contribution in [2.24, 2.45) is 5.73 Å². The Labute approximate surface area is 109 Å². The predicted molar refractivity (Wildman–Crippen MR) is 68.0 cm³/mol. The van der Waals surface area contributed by atoms with Gasteiger partial charge in [-0.2, -0.15) is 0 Å². The topological polar surface area (TPSA) is 107 Å². The van der Waals surface area contributed by atoms with Crippen molar-refractivity contribution >= 4 is 23.6 Å². The number of benzene rings is 1. The molecular weight excluding hydrogens is 250 g/mol. The second-order valence-electron chi connectivity index (χ2n) is 4.37. The highest BCUT2D eigenvalue weighted by molar-refractivity contribution is 5.87. The lowest BCUT2D eigenvalue weighted by Gasteiger charge is -2.24. The smallest absolute Gasteiger partial charge is 0.280 e. The molecule has 0 bridgehead atoms. The van der Waals surface area contributed by atoms with E-state index in [1.807, 2.05) is 0 Å². The van der Waals surface area contributed by atoms with E-state index >= 15 is 0 Å². The Balaban J connectivity index is 2.38. The Bertz CT molecular complexity index is 544. The third-order valence-corrected chi connectivity index (χ3v) is 3.25. The molecule has 1 aliphatic heterocycles. The lowest BCUT2D eigenvalue weighted by Crippen LogP contribution is -2.40. The third kappa shape index (κ3) is 2.40. The number of anilines is 1. The van der Waals surface area contributed by atoms with Gasteiger partial charge in [0.15, 0.2) is 6.29 Å². The zero-order valence-corrected chi connectivity index (χ0v) is 10.1. The van der Waals surface area contributed by atoms with Gasteiger partial charge in [-0.3, -0.25) is 19.7 Å². The standard InChI is InChI=1S/C12H13N3O4/c13-12(17)11-2-1-5-14(11)9-3-4-10(15(18)19)8(6-9)7-16/h3-4,6-7,11H,1-2,5H2,(H2,13,17). The summed E-state index contributed by atoms with van der Waals surface area (Å²) in [5.41, 5.74) is 5.68. The minimum atomic E-state index is -0.608. The molecule has 19 heavy (non-hydrogen) atoms. The second kappa shape index (κ2) is 5.05. The summed E-state index contributed by atoms with van der Waals surface area (Å²) in [4.78, 5) is 34.1. The van der Waals surface area contributed by atoms with Crippen molar-refractivity contribution in [1.29, 1.82) is 0 Å². The molecule has 2 N–H and O–H groups in total. The van der Waals surface area contributed by atoms with Gasteiger partial charge in [0.1, 0.15) is 6.04 Å². The molecule has 0 saturated carbocycles. The molecule has 1 amide bonds. The van der Waals surface area contributed by atoms with Crippen molar-refractivity contribution in [1.82, 2.24) is 0 Å². The number of nitrogens with two attached hydrogens (primary N) is 1. The third-order valence-electron chi connectivity index (χ3n) is 3.25. The SMILES string of the molecule is NC(=O)C1CCCN1c1ccc([N+](=O)[O-])c(C=O)c1. The number of primary amides is 1. The highest BCUT2D eigenvalue weighted by Crippen LogP contribution is 2.29.